The highest BCUT2D eigenvalue weighted by Crippen LogP contribution is 2.29. The molecule has 4 heteroatoms. The molecular weight excluding hydrogens is 284 g/mol. The molecule has 118 valence electrons. The number of nitrogens with one attached hydrogen (secondary N) is 1. The second kappa shape index (κ2) is 6.99. The SMILES string of the molecule is COCC1CCN(c2ccc(Cl)cc2CNC(C)(C)C)C1. The van der Waals surface area contributed by atoms with Crippen molar-refractivity contribution in [2.45, 2.75) is 39.3 Å². The smallest absolute Gasteiger partial charge is 0.0508 e. The number of nitrogens with zero attached hydrogens (tertiary/aromatic N) is 1. The summed E-state index contributed by atoms with van der Waals surface area (Å²) in [5, 5.41) is 4.36. The molecule has 0 bridgehead atoms. The van der Waals surface area contributed by atoms with Gasteiger partial charge in [-0.05, 0) is 51.0 Å². The lowest BCUT2D eigenvalue weighted by Gasteiger charge is -2.26. The summed E-state index contributed by atoms with van der Waals surface area (Å²) < 4.78 is 5.29. The van der Waals surface area contributed by atoms with E-state index in [0.29, 0.717) is 5.92 Å². The fourth-order valence-corrected chi connectivity index (χ4v) is 2.98. The average molecular weight is 311 g/mol. The van der Waals surface area contributed by atoms with Crippen LogP contribution in [0, 0.1) is 5.92 Å². The highest BCUT2D eigenvalue weighted by molar-refractivity contribution is 6.30. The largest absolute Gasteiger partial charge is 0.384 e. The van der Waals surface area contributed by atoms with Crippen molar-refractivity contribution in [2.24, 2.45) is 5.92 Å². The summed E-state index contributed by atoms with van der Waals surface area (Å²) in [5.41, 5.74) is 2.67. The van der Waals surface area contributed by atoms with Crippen LogP contribution in [0.4, 0.5) is 5.69 Å². The zero-order valence-corrected chi connectivity index (χ0v) is 14.3. The van der Waals surface area contributed by atoms with Crippen molar-refractivity contribution in [2.75, 3.05) is 31.7 Å². The normalized spacial score (nSPS) is 19.3. The summed E-state index contributed by atoms with van der Waals surface area (Å²) in [6.45, 7) is 10.4. The van der Waals surface area contributed by atoms with Crippen LogP contribution in [-0.2, 0) is 11.3 Å². The monoisotopic (exact) mass is 310 g/mol. The number of halogens is 1. The van der Waals surface area contributed by atoms with E-state index in [2.05, 4.69) is 43.1 Å². The number of benzene rings is 1. The molecule has 0 aromatic heterocycles. The molecule has 0 amide bonds. The zero-order chi connectivity index (χ0) is 15.5. The molecule has 1 N–H and O–H groups in total. The molecule has 0 spiro atoms. The van der Waals surface area contributed by atoms with Gasteiger partial charge >= 0.3 is 0 Å². The fraction of sp³-hybridized carbons (Fsp3) is 0.647. The Morgan fingerprint density at radius 1 is 1.38 bits per heavy atom. The summed E-state index contributed by atoms with van der Waals surface area (Å²) >= 11 is 6.19. The molecular formula is C17H27ClN2O. The minimum absolute atomic E-state index is 0.100. The van der Waals surface area contributed by atoms with Gasteiger partial charge in [0.1, 0.15) is 0 Å². The van der Waals surface area contributed by atoms with Crippen LogP contribution in [0.2, 0.25) is 5.02 Å². The first-order valence-electron chi connectivity index (χ1n) is 7.66. The molecule has 0 radical (unpaired) electrons. The number of hydrogen-bond donors (Lipinski definition) is 1. The first kappa shape index (κ1) is 16.6. The molecule has 1 fully saturated rings. The van der Waals surface area contributed by atoms with Gasteiger partial charge < -0.3 is 15.0 Å². The molecule has 1 aliphatic rings. The number of methoxy groups -OCH3 is 1. The Labute approximate surface area is 133 Å². The van der Waals surface area contributed by atoms with E-state index in [-0.39, 0.29) is 5.54 Å². The molecule has 1 aliphatic heterocycles. The minimum atomic E-state index is 0.100. The van der Waals surface area contributed by atoms with Crippen molar-refractivity contribution in [3.05, 3.63) is 28.8 Å². The van der Waals surface area contributed by atoms with Gasteiger partial charge in [-0.1, -0.05) is 11.6 Å². The predicted molar refractivity (Wildman–Crippen MR) is 90.2 cm³/mol. The van der Waals surface area contributed by atoms with Crippen LogP contribution in [0.15, 0.2) is 18.2 Å². The molecule has 21 heavy (non-hydrogen) atoms. The van der Waals surface area contributed by atoms with Crippen molar-refractivity contribution < 1.29 is 4.74 Å². The van der Waals surface area contributed by atoms with Gasteiger partial charge in [0.05, 0.1) is 6.61 Å². The Bertz CT molecular complexity index is 470. The number of rotatable bonds is 5. The maximum Gasteiger partial charge on any atom is 0.0508 e. The van der Waals surface area contributed by atoms with Crippen molar-refractivity contribution in [1.29, 1.82) is 0 Å². The first-order valence-corrected chi connectivity index (χ1v) is 8.04. The molecule has 1 atom stereocenters. The molecule has 3 nitrogen and oxygen atoms in total. The van der Waals surface area contributed by atoms with Crippen molar-refractivity contribution >= 4 is 17.3 Å². The van der Waals surface area contributed by atoms with Crippen molar-refractivity contribution in [3.63, 3.8) is 0 Å². The Morgan fingerprint density at radius 2 is 2.14 bits per heavy atom. The third kappa shape index (κ3) is 4.87. The maximum atomic E-state index is 6.19. The van der Waals surface area contributed by atoms with E-state index in [1.165, 1.54) is 17.7 Å². The van der Waals surface area contributed by atoms with Crippen molar-refractivity contribution in [1.82, 2.24) is 5.32 Å². The summed E-state index contributed by atoms with van der Waals surface area (Å²) in [4.78, 5) is 2.46. The number of ether oxygens (including phenoxy) is 1. The summed E-state index contributed by atoms with van der Waals surface area (Å²) in [6.07, 6.45) is 1.20. The van der Waals surface area contributed by atoms with E-state index < -0.39 is 0 Å². The standard InChI is InChI=1S/C17H27ClN2O/c1-17(2,3)19-10-14-9-15(18)5-6-16(14)20-8-7-13(11-20)12-21-4/h5-6,9,13,19H,7-8,10-12H2,1-4H3. The Kier molecular flexibility index (Phi) is 5.53. The molecule has 2 rings (SSSR count). The van der Waals surface area contributed by atoms with E-state index >= 15 is 0 Å². The third-order valence-electron chi connectivity index (χ3n) is 3.88. The lowest BCUT2D eigenvalue weighted by molar-refractivity contribution is 0.161. The van der Waals surface area contributed by atoms with Crippen LogP contribution >= 0.6 is 11.6 Å². The predicted octanol–water partition coefficient (Wildman–Crippen LogP) is 3.70. The quantitative estimate of drug-likeness (QED) is 0.897. The van der Waals surface area contributed by atoms with Gasteiger partial charge in [0, 0.05) is 48.9 Å². The van der Waals surface area contributed by atoms with Crippen LogP contribution in [0.1, 0.15) is 32.8 Å². The Morgan fingerprint density at radius 3 is 2.81 bits per heavy atom. The second-order valence-electron chi connectivity index (χ2n) is 6.93. The molecule has 1 saturated heterocycles. The van der Waals surface area contributed by atoms with Gasteiger partial charge in [-0.3, -0.25) is 0 Å². The summed E-state index contributed by atoms with van der Waals surface area (Å²) in [7, 11) is 1.78. The van der Waals surface area contributed by atoms with Crippen LogP contribution in [0.25, 0.3) is 0 Å². The average Bonchev–Trinajstić information content (AvgIpc) is 2.84. The summed E-state index contributed by atoms with van der Waals surface area (Å²) in [6, 6.07) is 6.22. The number of anilines is 1. The van der Waals surface area contributed by atoms with Crippen LogP contribution in [0.5, 0.6) is 0 Å². The van der Waals surface area contributed by atoms with E-state index in [4.69, 9.17) is 16.3 Å². The van der Waals surface area contributed by atoms with E-state index in [9.17, 15) is 0 Å². The van der Waals surface area contributed by atoms with Gasteiger partial charge in [-0.2, -0.15) is 0 Å². The highest BCUT2D eigenvalue weighted by atomic mass is 35.5. The molecule has 1 aromatic rings. The van der Waals surface area contributed by atoms with Crippen LogP contribution in [-0.4, -0.2) is 32.3 Å². The summed E-state index contributed by atoms with van der Waals surface area (Å²) in [5.74, 6) is 0.633. The molecule has 1 aromatic carbocycles. The van der Waals surface area contributed by atoms with Crippen molar-refractivity contribution in [3.8, 4) is 0 Å². The van der Waals surface area contributed by atoms with Gasteiger partial charge in [-0.25, -0.2) is 0 Å². The van der Waals surface area contributed by atoms with E-state index in [1.807, 2.05) is 6.07 Å². The first-order chi connectivity index (χ1) is 9.89. The Balaban J connectivity index is 2.12. The topological polar surface area (TPSA) is 24.5 Å². The van der Waals surface area contributed by atoms with Gasteiger partial charge in [0.15, 0.2) is 0 Å². The lowest BCUT2D eigenvalue weighted by atomic mass is 10.1. The minimum Gasteiger partial charge on any atom is -0.384 e. The molecule has 0 aliphatic carbocycles. The van der Waals surface area contributed by atoms with E-state index in [1.54, 1.807) is 7.11 Å². The van der Waals surface area contributed by atoms with Gasteiger partial charge in [0.2, 0.25) is 0 Å². The lowest BCUT2D eigenvalue weighted by Crippen LogP contribution is -2.35. The second-order valence-corrected chi connectivity index (χ2v) is 7.37. The Hall–Kier alpha value is -0.770. The zero-order valence-electron chi connectivity index (χ0n) is 13.6. The molecule has 0 saturated carbocycles. The van der Waals surface area contributed by atoms with Crippen LogP contribution in [0.3, 0.4) is 0 Å². The van der Waals surface area contributed by atoms with Crippen LogP contribution < -0.4 is 10.2 Å². The third-order valence-corrected chi connectivity index (χ3v) is 4.11. The molecule has 1 unspecified atom stereocenters. The highest BCUT2D eigenvalue weighted by Gasteiger charge is 2.24. The maximum absolute atomic E-state index is 6.19. The van der Waals surface area contributed by atoms with Gasteiger partial charge in [-0.15, -0.1) is 0 Å². The number of hydrogen-bond acceptors (Lipinski definition) is 3. The molecule has 1 heterocycles. The van der Waals surface area contributed by atoms with E-state index in [0.717, 1.165) is 31.3 Å². The van der Waals surface area contributed by atoms with Gasteiger partial charge in [0.25, 0.3) is 0 Å². The fourth-order valence-electron chi connectivity index (χ4n) is 2.79.